The molecular weight excluding hydrogens is 390 g/mol. The smallest absolute Gasteiger partial charge is 0.229 e. The van der Waals surface area contributed by atoms with E-state index < -0.39 is 0 Å². The van der Waals surface area contributed by atoms with Crippen LogP contribution in [0.4, 0.5) is 11.6 Å². The fourth-order valence-electron chi connectivity index (χ4n) is 3.54. The van der Waals surface area contributed by atoms with Gasteiger partial charge in [-0.1, -0.05) is 13.8 Å². The molecule has 3 heterocycles. The number of hydrogen-bond acceptors (Lipinski definition) is 6. The highest BCUT2D eigenvalue weighted by atomic mass is 16.5. The molecule has 0 bridgehead atoms. The molecule has 0 amide bonds. The number of methoxy groups -OCH3 is 1. The van der Waals surface area contributed by atoms with Gasteiger partial charge < -0.3 is 19.7 Å². The molecule has 0 saturated heterocycles. The minimum absolute atomic E-state index is 0.389. The number of hydrogen-bond donors (Lipinski definition) is 1. The molecule has 31 heavy (non-hydrogen) atoms. The fraction of sp³-hybridized carbons (Fsp3) is 0.333. The summed E-state index contributed by atoms with van der Waals surface area (Å²) < 4.78 is 13.6. The van der Waals surface area contributed by atoms with E-state index in [0.717, 1.165) is 34.5 Å². The number of anilines is 2. The van der Waals surface area contributed by atoms with Crippen LogP contribution in [0.2, 0.25) is 0 Å². The molecule has 3 aromatic heterocycles. The van der Waals surface area contributed by atoms with Crippen LogP contribution in [0, 0.1) is 0 Å². The van der Waals surface area contributed by atoms with E-state index in [0.29, 0.717) is 24.2 Å². The molecule has 4 aromatic rings. The Kier molecular flexibility index (Phi) is 5.95. The highest BCUT2D eigenvalue weighted by Gasteiger charge is 2.12. The first-order chi connectivity index (χ1) is 15.0. The van der Waals surface area contributed by atoms with Crippen LogP contribution < -0.4 is 14.8 Å². The Morgan fingerprint density at radius 2 is 1.90 bits per heavy atom. The van der Waals surface area contributed by atoms with Crippen LogP contribution in [-0.4, -0.2) is 53.6 Å². The normalized spacial score (nSPS) is 11.6. The Bertz CT molecular complexity index is 1200. The Morgan fingerprint density at radius 1 is 1.10 bits per heavy atom. The van der Waals surface area contributed by atoms with Gasteiger partial charge in [0.2, 0.25) is 5.95 Å². The largest absolute Gasteiger partial charge is 0.494 e. The third kappa shape index (κ3) is 4.41. The molecule has 0 aliphatic rings. The molecule has 0 aliphatic heterocycles. The van der Waals surface area contributed by atoms with Crippen LogP contribution in [0.25, 0.3) is 16.6 Å². The number of nitrogens with one attached hydrogen (secondary N) is 1. The number of nitrogens with zero attached hydrogens (tertiary/aromatic N) is 4. The van der Waals surface area contributed by atoms with Crippen LogP contribution >= 0.6 is 0 Å². The first-order valence-electron chi connectivity index (χ1n) is 10.5. The molecule has 0 aliphatic carbocycles. The zero-order valence-electron chi connectivity index (χ0n) is 18.7. The quantitative estimate of drug-likeness (QED) is 0.447. The lowest BCUT2D eigenvalue weighted by Gasteiger charge is -2.15. The second-order valence-corrected chi connectivity index (χ2v) is 8.12. The zero-order chi connectivity index (χ0) is 22.0. The van der Waals surface area contributed by atoms with Crippen LogP contribution in [0.3, 0.4) is 0 Å². The van der Waals surface area contributed by atoms with Gasteiger partial charge in [-0.2, -0.15) is 4.98 Å². The highest BCUT2D eigenvalue weighted by Crippen LogP contribution is 2.31. The Labute approximate surface area is 182 Å². The molecule has 162 valence electrons. The van der Waals surface area contributed by atoms with Gasteiger partial charge in [0.05, 0.1) is 12.8 Å². The molecule has 0 saturated carbocycles. The van der Waals surface area contributed by atoms with Crippen molar-refractivity contribution in [1.82, 2.24) is 19.3 Å². The standard InChI is InChI=1S/C24H29N5O2/c1-16(2)21-11-8-18-7-6-17-15-25-24(27-23(17)29(18)21)26-20-10-9-19(14-22(20)30-5)31-13-12-28(3)4/h6-11,14-16H,12-13H2,1-5H3,(H,25,26,27). The van der Waals surface area contributed by atoms with E-state index in [1.54, 1.807) is 7.11 Å². The van der Waals surface area contributed by atoms with Gasteiger partial charge in [-0.25, -0.2) is 4.98 Å². The number of ether oxygens (including phenoxy) is 2. The van der Waals surface area contributed by atoms with E-state index in [4.69, 9.17) is 14.5 Å². The summed E-state index contributed by atoms with van der Waals surface area (Å²) in [6.45, 7) is 5.84. The average molecular weight is 420 g/mol. The predicted octanol–water partition coefficient (Wildman–Crippen LogP) is 4.70. The maximum Gasteiger partial charge on any atom is 0.229 e. The number of fused-ring (bicyclic) bond motifs is 3. The van der Waals surface area contributed by atoms with E-state index >= 15 is 0 Å². The lowest BCUT2D eigenvalue weighted by molar-refractivity contribution is 0.260. The second kappa shape index (κ2) is 8.81. The van der Waals surface area contributed by atoms with Gasteiger partial charge in [0.15, 0.2) is 0 Å². The lowest BCUT2D eigenvalue weighted by atomic mass is 10.1. The molecule has 7 nitrogen and oxygen atoms in total. The van der Waals surface area contributed by atoms with Gasteiger partial charge in [-0.15, -0.1) is 0 Å². The summed E-state index contributed by atoms with van der Waals surface area (Å²) in [5.41, 5.74) is 4.01. The fourth-order valence-corrected chi connectivity index (χ4v) is 3.54. The van der Waals surface area contributed by atoms with Crippen LogP contribution in [0.1, 0.15) is 25.5 Å². The monoisotopic (exact) mass is 419 g/mol. The minimum atomic E-state index is 0.389. The van der Waals surface area contributed by atoms with Gasteiger partial charge in [0, 0.05) is 35.4 Å². The van der Waals surface area contributed by atoms with Crippen molar-refractivity contribution >= 4 is 28.2 Å². The number of benzene rings is 1. The number of aromatic nitrogens is 3. The maximum atomic E-state index is 5.81. The summed E-state index contributed by atoms with van der Waals surface area (Å²) in [5, 5.41) is 4.29. The average Bonchev–Trinajstić information content (AvgIpc) is 3.19. The number of pyridine rings is 1. The van der Waals surface area contributed by atoms with Crippen molar-refractivity contribution < 1.29 is 9.47 Å². The van der Waals surface area contributed by atoms with Gasteiger partial charge in [0.1, 0.15) is 23.8 Å². The topological polar surface area (TPSA) is 63.9 Å². The molecule has 0 atom stereocenters. The van der Waals surface area contributed by atoms with Gasteiger partial charge in [-0.05, 0) is 56.4 Å². The van der Waals surface area contributed by atoms with E-state index in [9.17, 15) is 0 Å². The van der Waals surface area contributed by atoms with E-state index in [2.05, 4.69) is 57.7 Å². The van der Waals surface area contributed by atoms with Crippen LogP contribution in [-0.2, 0) is 0 Å². The molecule has 1 aromatic carbocycles. The zero-order valence-corrected chi connectivity index (χ0v) is 18.7. The maximum absolute atomic E-state index is 5.81. The summed E-state index contributed by atoms with van der Waals surface area (Å²) in [6.07, 6.45) is 1.85. The van der Waals surface area contributed by atoms with Gasteiger partial charge in [0.25, 0.3) is 0 Å². The summed E-state index contributed by atoms with van der Waals surface area (Å²) in [4.78, 5) is 11.4. The molecule has 0 spiro atoms. The van der Waals surface area contributed by atoms with Crippen LogP contribution in [0.15, 0.2) is 48.7 Å². The van der Waals surface area contributed by atoms with Crippen molar-refractivity contribution in [2.45, 2.75) is 19.8 Å². The summed E-state index contributed by atoms with van der Waals surface area (Å²) in [5.74, 6) is 2.34. The Balaban J connectivity index is 1.65. The molecular formula is C24H29N5O2. The van der Waals surface area contributed by atoms with Crippen LogP contribution in [0.5, 0.6) is 11.5 Å². The molecule has 7 heteroatoms. The van der Waals surface area contributed by atoms with E-state index in [-0.39, 0.29) is 0 Å². The SMILES string of the molecule is COc1cc(OCCN(C)C)ccc1Nc1ncc2ccc3ccc(C(C)C)n3c2n1. The van der Waals surface area contributed by atoms with Crippen molar-refractivity contribution in [2.24, 2.45) is 0 Å². The summed E-state index contributed by atoms with van der Waals surface area (Å²) in [6, 6.07) is 14.2. The van der Waals surface area contributed by atoms with E-state index in [1.165, 1.54) is 5.69 Å². The Morgan fingerprint density at radius 3 is 2.65 bits per heavy atom. The van der Waals surface area contributed by atoms with Crippen molar-refractivity contribution in [3.05, 3.63) is 54.4 Å². The summed E-state index contributed by atoms with van der Waals surface area (Å²) in [7, 11) is 5.68. The van der Waals surface area contributed by atoms with Crippen molar-refractivity contribution in [1.29, 1.82) is 0 Å². The third-order valence-electron chi connectivity index (χ3n) is 5.20. The third-order valence-corrected chi connectivity index (χ3v) is 5.20. The molecule has 0 radical (unpaired) electrons. The predicted molar refractivity (Wildman–Crippen MR) is 125 cm³/mol. The van der Waals surface area contributed by atoms with Crippen molar-refractivity contribution in [3.8, 4) is 11.5 Å². The van der Waals surface area contributed by atoms with Gasteiger partial charge in [-0.3, -0.25) is 4.40 Å². The number of rotatable bonds is 8. The first kappa shape index (κ1) is 20.9. The summed E-state index contributed by atoms with van der Waals surface area (Å²) >= 11 is 0. The number of likely N-dealkylation sites (N-methyl/N-ethyl adjacent to an activating group) is 1. The Hall–Kier alpha value is -3.32. The van der Waals surface area contributed by atoms with Crippen molar-refractivity contribution in [3.63, 3.8) is 0 Å². The molecule has 0 fully saturated rings. The van der Waals surface area contributed by atoms with Crippen molar-refractivity contribution in [2.75, 3.05) is 39.7 Å². The van der Waals surface area contributed by atoms with Gasteiger partial charge >= 0.3 is 0 Å². The van der Waals surface area contributed by atoms with E-state index in [1.807, 2.05) is 38.5 Å². The first-order valence-corrected chi connectivity index (χ1v) is 10.5. The second-order valence-electron chi connectivity index (χ2n) is 8.12. The minimum Gasteiger partial charge on any atom is -0.494 e. The molecule has 4 rings (SSSR count). The lowest BCUT2D eigenvalue weighted by Crippen LogP contribution is -2.19. The highest BCUT2D eigenvalue weighted by molar-refractivity contribution is 5.81. The molecule has 0 unspecified atom stereocenters. The molecule has 1 N–H and O–H groups in total.